The van der Waals surface area contributed by atoms with E-state index in [0.717, 1.165) is 23.6 Å². The van der Waals surface area contributed by atoms with Crippen LogP contribution >= 0.6 is 11.6 Å². The minimum absolute atomic E-state index is 0.598. The van der Waals surface area contributed by atoms with Crippen molar-refractivity contribution >= 4 is 17.4 Å². The molecule has 1 aromatic heterocycles. The molecule has 0 unspecified atom stereocenters. The van der Waals surface area contributed by atoms with Crippen molar-refractivity contribution in [2.45, 2.75) is 12.8 Å². The van der Waals surface area contributed by atoms with Gasteiger partial charge in [0.15, 0.2) is 0 Å². The second-order valence-electron chi connectivity index (χ2n) is 4.95. The Labute approximate surface area is 117 Å². The van der Waals surface area contributed by atoms with Crippen molar-refractivity contribution in [3.05, 3.63) is 29.3 Å². The summed E-state index contributed by atoms with van der Waals surface area (Å²) < 4.78 is 7.39. The molecule has 0 aliphatic heterocycles. The number of ether oxygens (including phenoxy) is 1. The predicted molar refractivity (Wildman–Crippen MR) is 76.3 cm³/mol. The molecule has 0 bridgehead atoms. The van der Waals surface area contributed by atoms with Crippen molar-refractivity contribution in [1.82, 2.24) is 9.78 Å². The molecule has 1 fully saturated rings. The van der Waals surface area contributed by atoms with Crippen LogP contribution in [-0.2, 0) is 7.05 Å². The summed E-state index contributed by atoms with van der Waals surface area (Å²) in [6, 6.07) is 7.55. The Morgan fingerprint density at radius 3 is 2.89 bits per heavy atom. The first-order valence-corrected chi connectivity index (χ1v) is 6.74. The molecule has 2 N–H and O–H groups in total. The monoisotopic (exact) mass is 277 g/mol. The molecule has 0 radical (unpaired) electrons. The highest BCUT2D eigenvalue weighted by Crippen LogP contribution is 2.37. The van der Waals surface area contributed by atoms with E-state index in [1.54, 1.807) is 11.7 Å². The minimum Gasteiger partial charge on any atom is -0.492 e. The standard InChI is InChI=1S/C14H16ClN3O/c1-18-13(16)7-11(17-18)10-3-2-4-12(14(10)15)19-8-9-5-6-9/h2-4,7,9H,5-6,8,16H2,1H3. The summed E-state index contributed by atoms with van der Waals surface area (Å²) in [7, 11) is 1.81. The Bertz CT molecular complexity index is 585. The van der Waals surface area contributed by atoms with Crippen LogP contribution in [0.3, 0.4) is 0 Å². The van der Waals surface area contributed by atoms with Gasteiger partial charge in [0.2, 0.25) is 0 Å². The average Bonchev–Trinajstić information content (AvgIpc) is 3.15. The number of halogens is 1. The third-order valence-corrected chi connectivity index (χ3v) is 3.72. The van der Waals surface area contributed by atoms with E-state index in [0.29, 0.717) is 16.8 Å². The first kappa shape index (κ1) is 12.4. The summed E-state index contributed by atoms with van der Waals surface area (Å²) in [5, 5.41) is 4.94. The van der Waals surface area contributed by atoms with E-state index in [4.69, 9.17) is 22.1 Å². The number of aryl methyl sites for hydroxylation is 1. The predicted octanol–water partition coefficient (Wildman–Crippen LogP) is 3.11. The number of nitrogen functional groups attached to an aromatic ring is 1. The van der Waals surface area contributed by atoms with Crippen LogP contribution in [0.5, 0.6) is 5.75 Å². The van der Waals surface area contributed by atoms with Crippen LogP contribution in [0.1, 0.15) is 12.8 Å². The minimum atomic E-state index is 0.598. The quantitative estimate of drug-likeness (QED) is 0.934. The van der Waals surface area contributed by atoms with E-state index in [1.807, 2.05) is 24.3 Å². The summed E-state index contributed by atoms with van der Waals surface area (Å²) in [5.41, 5.74) is 7.41. The number of rotatable bonds is 4. The van der Waals surface area contributed by atoms with Crippen LogP contribution in [-0.4, -0.2) is 16.4 Å². The molecular weight excluding hydrogens is 262 g/mol. The molecule has 2 aromatic rings. The van der Waals surface area contributed by atoms with Crippen LogP contribution in [0.25, 0.3) is 11.3 Å². The maximum atomic E-state index is 6.39. The highest BCUT2D eigenvalue weighted by atomic mass is 35.5. The van der Waals surface area contributed by atoms with Crippen molar-refractivity contribution in [1.29, 1.82) is 0 Å². The van der Waals surface area contributed by atoms with E-state index in [1.165, 1.54) is 12.8 Å². The van der Waals surface area contributed by atoms with E-state index in [2.05, 4.69) is 5.10 Å². The lowest BCUT2D eigenvalue weighted by Gasteiger charge is -2.09. The van der Waals surface area contributed by atoms with Crippen LogP contribution in [0.2, 0.25) is 5.02 Å². The van der Waals surface area contributed by atoms with E-state index >= 15 is 0 Å². The van der Waals surface area contributed by atoms with Gasteiger partial charge in [-0.05, 0) is 24.8 Å². The molecule has 1 heterocycles. The molecule has 100 valence electrons. The van der Waals surface area contributed by atoms with Gasteiger partial charge in [-0.2, -0.15) is 5.10 Å². The Balaban J connectivity index is 1.90. The lowest BCUT2D eigenvalue weighted by molar-refractivity contribution is 0.300. The topological polar surface area (TPSA) is 53.1 Å². The van der Waals surface area contributed by atoms with Gasteiger partial charge >= 0.3 is 0 Å². The van der Waals surface area contributed by atoms with Crippen molar-refractivity contribution in [3.63, 3.8) is 0 Å². The maximum Gasteiger partial charge on any atom is 0.138 e. The Hall–Kier alpha value is -1.68. The SMILES string of the molecule is Cn1nc(-c2cccc(OCC3CC3)c2Cl)cc1N. The molecule has 0 spiro atoms. The number of anilines is 1. The molecule has 4 nitrogen and oxygen atoms in total. The Kier molecular flexibility index (Phi) is 3.11. The van der Waals surface area contributed by atoms with Crippen LogP contribution < -0.4 is 10.5 Å². The maximum absolute atomic E-state index is 6.39. The first-order chi connectivity index (χ1) is 9.15. The number of aromatic nitrogens is 2. The first-order valence-electron chi connectivity index (χ1n) is 6.36. The molecule has 3 rings (SSSR count). The van der Waals surface area contributed by atoms with Gasteiger partial charge in [-0.1, -0.05) is 23.7 Å². The molecule has 5 heteroatoms. The summed E-state index contributed by atoms with van der Waals surface area (Å²) in [5.74, 6) is 2.02. The van der Waals surface area contributed by atoms with Crippen LogP contribution in [0.15, 0.2) is 24.3 Å². The van der Waals surface area contributed by atoms with Gasteiger partial charge in [0.1, 0.15) is 11.6 Å². The van der Waals surface area contributed by atoms with Gasteiger partial charge in [-0.3, -0.25) is 4.68 Å². The van der Waals surface area contributed by atoms with Gasteiger partial charge in [-0.15, -0.1) is 0 Å². The zero-order valence-corrected chi connectivity index (χ0v) is 11.5. The van der Waals surface area contributed by atoms with Crippen molar-refractivity contribution in [3.8, 4) is 17.0 Å². The van der Waals surface area contributed by atoms with Crippen molar-refractivity contribution in [2.75, 3.05) is 12.3 Å². The Morgan fingerprint density at radius 1 is 1.47 bits per heavy atom. The van der Waals surface area contributed by atoms with Gasteiger partial charge in [0.05, 0.1) is 17.3 Å². The van der Waals surface area contributed by atoms with Gasteiger partial charge in [-0.25, -0.2) is 0 Å². The smallest absolute Gasteiger partial charge is 0.138 e. The second kappa shape index (κ2) is 4.78. The van der Waals surface area contributed by atoms with Gasteiger partial charge in [0, 0.05) is 18.7 Å². The fourth-order valence-electron chi connectivity index (χ4n) is 1.93. The fraction of sp³-hybridized carbons (Fsp3) is 0.357. The fourth-order valence-corrected chi connectivity index (χ4v) is 2.20. The summed E-state index contributed by atoms with van der Waals surface area (Å²) in [6.45, 7) is 0.744. The lowest BCUT2D eigenvalue weighted by Crippen LogP contribution is -2.00. The number of hydrogen-bond donors (Lipinski definition) is 1. The number of benzene rings is 1. The van der Waals surface area contributed by atoms with Crippen LogP contribution in [0.4, 0.5) is 5.82 Å². The third kappa shape index (κ3) is 2.54. The van der Waals surface area contributed by atoms with Crippen LogP contribution in [0, 0.1) is 5.92 Å². The summed E-state index contributed by atoms with van der Waals surface area (Å²) >= 11 is 6.39. The average molecular weight is 278 g/mol. The molecule has 1 aliphatic rings. The summed E-state index contributed by atoms with van der Waals surface area (Å²) in [6.07, 6.45) is 2.52. The molecule has 19 heavy (non-hydrogen) atoms. The van der Waals surface area contributed by atoms with Crippen molar-refractivity contribution < 1.29 is 4.74 Å². The molecule has 0 saturated heterocycles. The molecular formula is C14H16ClN3O. The molecule has 0 amide bonds. The van der Waals surface area contributed by atoms with Gasteiger partial charge in [0.25, 0.3) is 0 Å². The third-order valence-electron chi connectivity index (χ3n) is 3.33. The molecule has 1 aliphatic carbocycles. The molecule has 1 aromatic carbocycles. The van der Waals surface area contributed by atoms with E-state index in [-0.39, 0.29) is 0 Å². The van der Waals surface area contributed by atoms with Crippen molar-refractivity contribution in [2.24, 2.45) is 13.0 Å². The lowest BCUT2D eigenvalue weighted by atomic mass is 10.1. The molecule has 0 atom stereocenters. The second-order valence-corrected chi connectivity index (χ2v) is 5.33. The zero-order chi connectivity index (χ0) is 13.4. The number of nitrogens with two attached hydrogens (primary N) is 1. The normalized spacial score (nSPS) is 14.6. The van der Waals surface area contributed by atoms with E-state index < -0.39 is 0 Å². The number of hydrogen-bond acceptors (Lipinski definition) is 3. The van der Waals surface area contributed by atoms with E-state index in [9.17, 15) is 0 Å². The summed E-state index contributed by atoms with van der Waals surface area (Å²) in [4.78, 5) is 0. The molecule has 1 saturated carbocycles. The number of nitrogens with zero attached hydrogens (tertiary/aromatic N) is 2. The van der Waals surface area contributed by atoms with Gasteiger partial charge < -0.3 is 10.5 Å². The largest absolute Gasteiger partial charge is 0.492 e. The zero-order valence-electron chi connectivity index (χ0n) is 10.8. The highest BCUT2D eigenvalue weighted by Gasteiger charge is 2.22. The Morgan fingerprint density at radius 2 is 2.26 bits per heavy atom. The highest BCUT2D eigenvalue weighted by molar-refractivity contribution is 6.34.